The maximum Gasteiger partial charge on any atom is 0.269 e. The van der Waals surface area contributed by atoms with Crippen molar-refractivity contribution in [3.63, 3.8) is 0 Å². The molecule has 0 aliphatic heterocycles. The third kappa shape index (κ3) is 6.14. The molecule has 1 amide bonds. The number of amides is 1. The molecule has 0 aliphatic carbocycles. The van der Waals surface area contributed by atoms with Crippen LogP contribution >= 0.6 is 11.6 Å². The number of carbonyl (C=O) groups excluding carboxylic acids is 1. The van der Waals surface area contributed by atoms with E-state index in [2.05, 4.69) is 10.5 Å². The molecule has 0 unspecified atom stereocenters. The lowest BCUT2D eigenvalue weighted by molar-refractivity contribution is -0.384. The first-order valence-corrected chi connectivity index (χ1v) is 11.9. The topological polar surface area (TPSA) is 131 Å². The highest BCUT2D eigenvalue weighted by molar-refractivity contribution is 7.92. The van der Waals surface area contributed by atoms with Crippen molar-refractivity contribution in [1.82, 2.24) is 5.43 Å². The van der Waals surface area contributed by atoms with E-state index in [1.165, 1.54) is 61.7 Å². The van der Waals surface area contributed by atoms with Gasteiger partial charge in [0, 0.05) is 17.2 Å². The molecule has 0 spiro atoms. The lowest BCUT2D eigenvalue weighted by Gasteiger charge is -2.25. The number of rotatable bonds is 9. The van der Waals surface area contributed by atoms with Gasteiger partial charge in [0.15, 0.2) is 0 Å². The molecule has 3 aromatic rings. The summed E-state index contributed by atoms with van der Waals surface area (Å²) in [5.41, 5.74) is 3.24. The van der Waals surface area contributed by atoms with E-state index < -0.39 is 27.4 Å². The fraction of sp³-hybridized carbons (Fsp3) is 0.130. The molecular formula is C23H21ClN4O6S. The van der Waals surface area contributed by atoms with Crippen LogP contribution in [0.1, 0.15) is 12.5 Å². The van der Waals surface area contributed by atoms with Gasteiger partial charge in [-0.1, -0.05) is 29.8 Å². The van der Waals surface area contributed by atoms with Crippen LogP contribution in [-0.4, -0.2) is 38.6 Å². The summed E-state index contributed by atoms with van der Waals surface area (Å²) >= 11 is 6.11. The highest BCUT2D eigenvalue weighted by Crippen LogP contribution is 2.34. The van der Waals surface area contributed by atoms with Gasteiger partial charge in [0.05, 0.1) is 28.3 Å². The van der Waals surface area contributed by atoms with Crippen molar-refractivity contribution in [3.8, 4) is 5.75 Å². The van der Waals surface area contributed by atoms with Crippen molar-refractivity contribution in [1.29, 1.82) is 0 Å². The number of hydrogen-bond acceptors (Lipinski definition) is 7. The van der Waals surface area contributed by atoms with Gasteiger partial charge >= 0.3 is 0 Å². The van der Waals surface area contributed by atoms with Crippen molar-refractivity contribution in [2.45, 2.75) is 11.8 Å². The number of anilines is 1. The van der Waals surface area contributed by atoms with E-state index in [1.807, 2.05) is 0 Å². The Morgan fingerprint density at radius 3 is 2.37 bits per heavy atom. The molecule has 35 heavy (non-hydrogen) atoms. The van der Waals surface area contributed by atoms with Crippen molar-refractivity contribution < 1.29 is 22.9 Å². The summed E-state index contributed by atoms with van der Waals surface area (Å²) in [5.74, 6) is -0.528. The summed E-state index contributed by atoms with van der Waals surface area (Å²) in [7, 11) is -2.81. The number of carbonyl (C=O) groups is 1. The van der Waals surface area contributed by atoms with E-state index in [0.717, 1.165) is 4.31 Å². The maximum absolute atomic E-state index is 13.5. The second-order valence-corrected chi connectivity index (χ2v) is 9.48. The Labute approximate surface area is 207 Å². The van der Waals surface area contributed by atoms with Gasteiger partial charge in [0.2, 0.25) is 0 Å². The van der Waals surface area contributed by atoms with Crippen LogP contribution in [0.15, 0.2) is 82.8 Å². The van der Waals surface area contributed by atoms with Crippen LogP contribution in [0.4, 0.5) is 11.4 Å². The van der Waals surface area contributed by atoms with Gasteiger partial charge < -0.3 is 4.74 Å². The van der Waals surface area contributed by atoms with Gasteiger partial charge in [-0.05, 0) is 55.0 Å². The molecule has 10 nitrogen and oxygen atoms in total. The van der Waals surface area contributed by atoms with Crippen molar-refractivity contribution >= 4 is 44.6 Å². The average molecular weight is 517 g/mol. The third-order valence-corrected chi connectivity index (χ3v) is 6.88. The number of non-ortho nitro benzene ring substituents is 1. The largest absolute Gasteiger partial charge is 0.495 e. The Hall–Kier alpha value is -3.96. The van der Waals surface area contributed by atoms with E-state index in [4.69, 9.17) is 16.3 Å². The zero-order valence-electron chi connectivity index (χ0n) is 18.7. The number of nitro groups is 1. The van der Waals surface area contributed by atoms with Gasteiger partial charge in [-0.15, -0.1) is 0 Å². The zero-order valence-corrected chi connectivity index (χ0v) is 20.3. The number of nitro benzene ring substituents is 1. The highest BCUT2D eigenvalue weighted by Gasteiger charge is 2.29. The monoisotopic (exact) mass is 516 g/mol. The Morgan fingerprint density at radius 2 is 1.77 bits per heavy atom. The average Bonchev–Trinajstić information content (AvgIpc) is 2.86. The summed E-state index contributed by atoms with van der Waals surface area (Å²) in [6.45, 7) is 0.977. The lowest BCUT2D eigenvalue weighted by atomic mass is 10.1. The molecule has 3 rings (SSSR count). The van der Waals surface area contributed by atoms with Crippen LogP contribution in [0.2, 0.25) is 5.02 Å². The van der Waals surface area contributed by atoms with Crippen molar-refractivity contribution in [2.24, 2.45) is 5.10 Å². The second kappa shape index (κ2) is 11.0. The van der Waals surface area contributed by atoms with E-state index in [-0.39, 0.29) is 27.0 Å². The maximum atomic E-state index is 13.5. The van der Waals surface area contributed by atoms with Gasteiger partial charge in [0.1, 0.15) is 12.3 Å². The molecule has 0 saturated heterocycles. The van der Waals surface area contributed by atoms with Crippen LogP contribution in [0.25, 0.3) is 0 Å². The number of sulfonamides is 1. The SMILES string of the molecule is COc1ccc(Cl)cc1N(CC(=O)N/N=C(/C)c1ccc([N+](=O)[O-])cc1)S(=O)(=O)c1ccccc1. The summed E-state index contributed by atoms with van der Waals surface area (Å²) in [5, 5.41) is 15.1. The van der Waals surface area contributed by atoms with E-state index >= 15 is 0 Å². The van der Waals surface area contributed by atoms with Crippen molar-refractivity contribution in [3.05, 3.63) is 93.5 Å². The highest BCUT2D eigenvalue weighted by atomic mass is 35.5. The summed E-state index contributed by atoms with van der Waals surface area (Å²) in [4.78, 5) is 23.0. The Bertz CT molecular complexity index is 1360. The van der Waals surface area contributed by atoms with Crippen molar-refractivity contribution in [2.75, 3.05) is 18.0 Å². The van der Waals surface area contributed by atoms with Crippen LogP contribution in [0, 0.1) is 10.1 Å². The van der Waals surface area contributed by atoms with Crippen LogP contribution < -0.4 is 14.5 Å². The normalized spacial score (nSPS) is 11.6. The molecule has 182 valence electrons. The number of hydrazone groups is 1. The molecule has 0 fully saturated rings. The van der Waals surface area contributed by atoms with E-state index in [0.29, 0.717) is 11.3 Å². The molecule has 12 heteroatoms. The molecule has 0 aromatic heterocycles. The molecule has 0 saturated carbocycles. The number of hydrogen-bond donors (Lipinski definition) is 1. The number of halogens is 1. The third-order valence-electron chi connectivity index (χ3n) is 4.87. The predicted molar refractivity (Wildman–Crippen MR) is 132 cm³/mol. The van der Waals surface area contributed by atoms with Gasteiger partial charge in [-0.3, -0.25) is 19.2 Å². The molecule has 0 bridgehead atoms. The molecule has 0 heterocycles. The molecule has 0 radical (unpaired) electrons. The van der Waals surface area contributed by atoms with Crippen LogP contribution in [0.5, 0.6) is 5.75 Å². The summed E-state index contributed by atoms with van der Waals surface area (Å²) in [6.07, 6.45) is 0. The standard InChI is InChI=1S/C23H21ClN4O6S/c1-16(17-8-11-19(12-9-17)28(30)31)25-26-23(29)15-27(21-14-18(24)10-13-22(21)34-2)35(32,33)20-6-4-3-5-7-20/h3-14H,15H2,1-2H3,(H,26,29)/b25-16-. The molecule has 3 aromatic carbocycles. The minimum absolute atomic E-state index is 0.0274. The van der Waals surface area contributed by atoms with Crippen LogP contribution in [-0.2, 0) is 14.8 Å². The Balaban J connectivity index is 1.90. The number of methoxy groups -OCH3 is 1. The number of benzene rings is 3. The minimum Gasteiger partial charge on any atom is -0.495 e. The molecule has 0 aliphatic rings. The minimum atomic E-state index is -4.18. The van der Waals surface area contributed by atoms with Crippen LogP contribution in [0.3, 0.4) is 0 Å². The summed E-state index contributed by atoms with van der Waals surface area (Å²) in [6, 6.07) is 17.7. The fourth-order valence-electron chi connectivity index (χ4n) is 3.08. The first-order valence-electron chi connectivity index (χ1n) is 10.1. The predicted octanol–water partition coefficient (Wildman–Crippen LogP) is 3.99. The fourth-order valence-corrected chi connectivity index (χ4v) is 4.69. The zero-order chi connectivity index (χ0) is 25.6. The smallest absolute Gasteiger partial charge is 0.269 e. The number of nitrogens with zero attached hydrogens (tertiary/aromatic N) is 3. The first-order chi connectivity index (χ1) is 16.6. The Morgan fingerprint density at radius 1 is 1.11 bits per heavy atom. The van der Waals surface area contributed by atoms with E-state index in [9.17, 15) is 23.3 Å². The molecular weight excluding hydrogens is 496 g/mol. The van der Waals surface area contributed by atoms with Gasteiger partial charge in [0.25, 0.3) is 21.6 Å². The van der Waals surface area contributed by atoms with E-state index in [1.54, 1.807) is 25.1 Å². The quantitative estimate of drug-likeness (QED) is 0.260. The molecule has 1 N–H and O–H groups in total. The number of ether oxygens (including phenoxy) is 1. The number of nitrogens with one attached hydrogen (secondary N) is 1. The Kier molecular flexibility index (Phi) is 8.05. The first kappa shape index (κ1) is 25.7. The van der Waals surface area contributed by atoms with Gasteiger partial charge in [-0.2, -0.15) is 5.10 Å². The van der Waals surface area contributed by atoms with Gasteiger partial charge in [-0.25, -0.2) is 13.8 Å². The lowest BCUT2D eigenvalue weighted by Crippen LogP contribution is -2.40. The summed E-state index contributed by atoms with van der Waals surface area (Å²) < 4.78 is 33.1. The second-order valence-electron chi connectivity index (χ2n) is 7.18. The molecule has 0 atom stereocenters.